The predicted molar refractivity (Wildman–Crippen MR) is 98.0 cm³/mol. The van der Waals surface area contributed by atoms with Crippen molar-refractivity contribution in [3.63, 3.8) is 0 Å². The quantitative estimate of drug-likeness (QED) is 0.229. The minimum Gasteiger partial charge on any atom is -0.300 e. The van der Waals surface area contributed by atoms with Gasteiger partial charge in [0, 0.05) is 6.54 Å². The second-order valence-electron chi connectivity index (χ2n) is 6.41. The van der Waals surface area contributed by atoms with Crippen LogP contribution >= 0.6 is 0 Å². The molecule has 0 aliphatic rings. The van der Waals surface area contributed by atoms with Crippen molar-refractivity contribution in [2.45, 2.75) is 97.8 Å². The van der Waals surface area contributed by atoms with E-state index in [0.29, 0.717) is 0 Å². The van der Waals surface area contributed by atoms with Crippen LogP contribution in [0.15, 0.2) is 12.2 Å². The molecule has 0 atom stereocenters. The van der Waals surface area contributed by atoms with Gasteiger partial charge >= 0.3 is 0 Å². The van der Waals surface area contributed by atoms with Gasteiger partial charge < -0.3 is 0 Å². The van der Waals surface area contributed by atoms with E-state index in [0.717, 1.165) is 6.54 Å². The Morgan fingerprint density at radius 2 is 1.05 bits per heavy atom. The lowest BCUT2D eigenvalue weighted by Crippen LogP contribution is -2.26. The van der Waals surface area contributed by atoms with E-state index in [1.165, 1.54) is 90.1 Å². The summed E-state index contributed by atoms with van der Waals surface area (Å²) in [7, 11) is 0. The van der Waals surface area contributed by atoms with Crippen LogP contribution in [0.3, 0.4) is 0 Å². The Balaban J connectivity index is 3.61. The third-order valence-electron chi connectivity index (χ3n) is 4.26. The van der Waals surface area contributed by atoms with Gasteiger partial charge in [0.25, 0.3) is 0 Å². The summed E-state index contributed by atoms with van der Waals surface area (Å²) < 4.78 is 0. The van der Waals surface area contributed by atoms with Crippen LogP contribution in [0.2, 0.25) is 0 Å². The third-order valence-corrected chi connectivity index (χ3v) is 4.26. The molecule has 0 fully saturated rings. The summed E-state index contributed by atoms with van der Waals surface area (Å²) in [6, 6.07) is 0. The smallest absolute Gasteiger partial charge is 0.0163 e. The lowest BCUT2D eigenvalue weighted by molar-refractivity contribution is 0.286. The largest absolute Gasteiger partial charge is 0.300 e. The van der Waals surface area contributed by atoms with Gasteiger partial charge in [-0.3, -0.25) is 4.90 Å². The maximum atomic E-state index is 2.65. The summed E-state index contributed by atoms with van der Waals surface area (Å²) in [6.45, 7) is 10.5. The van der Waals surface area contributed by atoms with Crippen LogP contribution in [0.4, 0.5) is 0 Å². The van der Waals surface area contributed by atoms with E-state index in [2.05, 4.69) is 37.8 Å². The highest BCUT2D eigenvalue weighted by Gasteiger charge is 2.02. The summed E-state index contributed by atoms with van der Waals surface area (Å²) in [6.07, 6.45) is 21.4. The van der Waals surface area contributed by atoms with Gasteiger partial charge in [-0.05, 0) is 32.9 Å². The molecule has 0 aromatic heterocycles. The molecule has 0 saturated heterocycles. The van der Waals surface area contributed by atoms with Crippen molar-refractivity contribution < 1.29 is 0 Å². The fraction of sp³-hybridized carbons (Fsp3) is 0.900. The second kappa shape index (κ2) is 17.8. The Kier molecular flexibility index (Phi) is 17.5. The molecule has 0 bridgehead atoms. The van der Waals surface area contributed by atoms with Gasteiger partial charge in [-0.1, -0.05) is 90.2 Å². The molecule has 0 spiro atoms. The SMILES string of the molecule is CC=CCN(CCCCCCCC)CCCCCCCC. The van der Waals surface area contributed by atoms with Crippen molar-refractivity contribution in [2.24, 2.45) is 0 Å². The molecule has 0 aromatic carbocycles. The summed E-state index contributed by atoms with van der Waals surface area (Å²) in [4.78, 5) is 2.65. The molecule has 0 amide bonds. The van der Waals surface area contributed by atoms with Gasteiger partial charge in [0.2, 0.25) is 0 Å². The van der Waals surface area contributed by atoms with Crippen LogP contribution in [0.5, 0.6) is 0 Å². The van der Waals surface area contributed by atoms with Crippen LogP contribution < -0.4 is 0 Å². The molecule has 0 heterocycles. The zero-order valence-electron chi connectivity index (χ0n) is 15.2. The first kappa shape index (κ1) is 20.7. The molecule has 0 rings (SSSR count). The summed E-state index contributed by atoms with van der Waals surface area (Å²) >= 11 is 0. The van der Waals surface area contributed by atoms with Gasteiger partial charge in [0.15, 0.2) is 0 Å². The molecular formula is C20H41N. The van der Waals surface area contributed by atoms with Crippen LogP contribution in [0.1, 0.15) is 97.8 Å². The molecule has 1 heteroatoms. The lowest BCUT2D eigenvalue weighted by atomic mass is 10.1. The summed E-state index contributed by atoms with van der Waals surface area (Å²) in [5, 5.41) is 0. The molecule has 0 unspecified atom stereocenters. The number of rotatable bonds is 16. The molecule has 0 saturated carbocycles. The molecular weight excluding hydrogens is 254 g/mol. The first-order valence-corrected chi connectivity index (χ1v) is 9.68. The minimum absolute atomic E-state index is 1.15. The van der Waals surface area contributed by atoms with Crippen molar-refractivity contribution in [1.82, 2.24) is 4.90 Å². The zero-order chi connectivity index (χ0) is 15.6. The Bertz CT molecular complexity index is 194. The van der Waals surface area contributed by atoms with Crippen molar-refractivity contribution in [2.75, 3.05) is 19.6 Å². The molecule has 0 radical (unpaired) electrons. The highest BCUT2D eigenvalue weighted by molar-refractivity contribution is 4.81. The highest BCUT2D eigenvalue weighted by Crippen LogP contribution is 2.09. The van der Waals surface area contributed by atoms with E-state index in [9.17, 15) is 0 Å². The Morgan fingerprint density at radius 1 is 0.619 bits per heavy atom. The van der Waals surface area contributed by atoms with Gasteiger partial charge in [-0.25, -0.2) is 0 Å². The number of unbranched alkanes of at least 4 members (excludes halogenated alkanes) is 10. The normalized spacial score (nSPS) is 11.8. The third kappa shape index (κ3) is 15.9. The van der Waals surface area contributed by atoms with E-state index in [1.54, 1.807) is 0 Å². The molecule has 126 valence electrons. The molecule has 1 nitrogen and oxygen atoms in total. The standard InChI is InChI=1S/C20H41N/c1-4-7-10-12-14-16-19-21(18-9-6-3)20-17-15-13-11-8-5-2/h6,9H,4-5,7-8,10-20H2,1-3H3. The molecule has 0 aromatic rings. The summed E-state index contributed by atoms with van der Waals surface area (Å²) in [5.41, 5.74) is 0. The van der Waals surface area contributed by atoms with Gasteiger partial charge in [0.05, 0.1) is 0 Å². The zero-order valence-corrected chi connectivity index (χ0v) is 15.2. The van der Waals surface area contributed by atoms with E-state index >= 15 is 0 Å². The van der Waals surface area contributed by atoms with E-state index in [-0.39, 0.29) is 0 Å². The maximum absolute atomic E-state index is 2.65. The van der Waals surface area contributed by atoms with Gasteiger partial charge in [-0.2, -0.15) is 0 Å². The number of allylic oxidation sites excluding steroid dienone is 1. The number of hydrogen-bond acceptors (Lipinski definition) is 1. The minimum atomic E-state index is 1.15. The van der Waals surface area contributed by atoms with Crippen LogP contribution in [-0.2, 0) is 0 Å². The van der Waals surface area contributed by atoms with E-state index in [1.807, 2.05) is 0 Å². The number of hydrogen-bond donors (Lipinski definition) is 0. The monoisotopic (exact) mass is 295 g/mol. The number of nitrogens with zero attached hydrogens (tertiary/aromatic N) is 1. The fourth-order valence-corrected chi connectivity index (χ4v) is 2.78. The van der Waals surface area contributed by atoms with E-state index < -0.39 is 0 Å². The maximum Gasteiger partial charge on any atom is 0.0163 e. The van der Waals surface area contributed by atoms with Gasteiger partial charge in [0.1, 0.15) is 0 Å². The van der Waals surface area contributed by atoms with Crippen molar-refractivity contribution in [1.29, 1.82) is 0 Å². The van der Waals surface area contributed by atoms with E-state index in [4.69, 9.17) is 0 Å². The van der Waals surface area contributed by atoms with Crippen LogP contribution in [-0.4, -0.2) is 24.5 Å². The Morgan fingerprint density at radius 3 is 1.48 bits per heavy atom. The highest BCUT2D eigenvalue weighted by atomic mass is 15.1. The molecule has 21 heavy (non-hydrogen) atoms. The predicted octanol–water partition coefficient (Wildman–Crippen LogP) is 6.59. The van der Waals surface area contributed by atoms with Crippen molar-refractivity contribution >= 4 is 0 Å². The van der Waals surface area contributed by atoms with Crippen LogP contribution in [0, 0.1) is 0 Å². The molecule has 0 aliphatic carbocycles. The second-order valence-corrected chi connectivity index (χ2v) is 6.41. The average molecular weight is 296 g/mol. The first-order chi connectivity index (χ1) is 10.3. The van der Waals surface area contributed by atoms with Crippen molar-refractivity contribution in [3.05, 3.63) is 12.2 Å². The molecule has 0 aliphatic heterocycles. The van der Waals surface area contributed by atoms with Gasteiger partial charge in [-0.15, -0.1) is 0 Å². The topological polar surface area (TPSA) is 3.24 Å². The average Bonchev–Trinajstić information content (AvgIpc) is 2.50. The van der Waals surface area contributed by atoms with Crippen molar-refractivity contribution in [3.8, 4) is 0 Å². The summed E-state index contributed by atoms with van der Waals surface area (Å²) in [5.74, 6) is 0. The Labute approximate surface area is 135 Å². The molecule has 0 N–H and O–H groups in total. The fourth-order valence-electron chi connectivity index (χ4n) is 2.78. The van der Waals surface area contributed by atoms with Crippen LogP contribution in [0.25, 0.3) is 0 Å². The lowest BCUT2D eigenvalue weighted by Gasteiger charge is -2.20. The first-order valence-electron chi connectivity index (χ1n) is 9.68. The Hall–Kier alpha value is -0.300.